The Morgan fingerprint density at radius 2 is 2.00 bits per heavy atom. The first-order chi connectivity index (χ1) is 12.8. The number of nitrogens with one attached hydrogen (secondary N) is 2. The Morgan fingerprint density at radius 1 is 1.33 bits per heavy atom. The van der Waals surface area contributed by atoms with E-state index in [9.17, 15) is 8.42 Å². The summed E-state index contributed by atoms with van der Waals surface area (Å²) >= 11 is 0. The summed E-state index contributed by atoms with van der Waals surface area (Å²) < 4.78 is 34.9. The van der Waals surface area contributed by atoms with Gasteiger partial charge in [-0.2, -0.15) is 8.42 Å². The number of aliphatic imine (C=N–C) groups is 1. The molecule has 9 nitrogen and oxygen atoms in total. The summed E-state index contributed by atoms with van der Waals surface area (Å²) in [6.45, 7) is 8.51. The quantitative estimate of drug-likeness (QED) is 0.395. The van der Waals surface area contributed by atoms with E-state index in [0.717, 1.165) is 63.9 Å². The molecule has 1 unspecified atom stereocenters. The van der Waals surface area contributed by atoms with Gasteiger partial charge in [0.1, 0.15) is 6.17 Å². The van der Waals surface area contributed by atoms with Crippen molar-refractivity contribution in [2.45, 2.75) is 24.4 Å². The lowest BCUT2D eigenvalue weighted by molar-refractivity contribution is 0.0376. The van der Waals surface area contributed by atoms with Gasteiger partial charge in [-0.1, -0.05) is 17.7 Å². The summed E-state index contributed by atoms with van der Waals surface area (Å²) in [5.41, 5.74) is 6.59. The third kappa shape index (κ3) is 8.22. The van der Waals surface area contributed by atoms with Crippen LogP contribution in [0.4, 0.5) is 0 Å². The zero-order valence-electron chi connectivity index (χ0n) is 15.6. The van der Waals surface area contributed by atoms with Gasteiger partial charge in [-0.3, -0.25) is 9.45 Å². The molecule has 1 fully saturated rings. The van der Waals surface area contributed by atoms with Gasteiger partial charge in [-0.25, -0.2) is 4.99 Å². The molecule has 27 heavy (non-hydrogen) atoms. The molecule has 0 aliphatic carbocycles. The van der Waals surface area contributed by atoms with Crippen molar-refractivity contribution >= 4 is 16.1 Å². The number of aryl methyl sites for hydroxylation is 1. The van der Waals surface area contributed by atoms with E-state index in [1.807, 2.05) is 6.92 Å². The van der Waals surface area contributed by atoms with Crippen molar-refractivity contribution in [3.63, 3.8) is 0 Å². The van der Waals surface area contributed by atoms with Gasteiger partial charge in [0.25, 0.3) is 10.1 Å². The summed E-state index contributed by atoms with van der Waals surface area (Å²) in [5, 5.41) is 6.38. The minimum absolute atomic E-state index is 0.0666. The van der Waals surface area contributed by atoms with Crippen LogP contribution in [0.2, 0.25) is 0 Å². The predicted octanol–water partition coefficient (Wildman–Crippen LogP) is -0.216. The molecule has 0 bridgehead atoms. The minimum atomic E-state index is -4.02. The number of hydrogen-bond acceptors (Lipinski definition) is 8. The number of nitrogens with zero attached hydrogens (tertiary/aromatic N) is 2. The zero-order valence-corrected chi connectivity index (χ0v) is 16.4. The first-order valence-corrected chi connectivity index (χ1v) is 10.4. The molecule has 10 heteroatoms. The Kier molecular flexibility index (Phi) is 8.45. The van der Waals surface area contributed by atoms with Crippen LogP contribution < -0.4 is 16.4 Å². The number of guanidine groups is 1. The molecular weight excluding hydrogens is 370 g/mol. The molecule has 3 rings (SSSR count). The Morgan fingerprint density at radius 3 is 2.56 bits per heavy atom. The van der Waals surface area contributed by atoms with Crippen molar-refractivity contribution in [1.29, 1.82) is 0 Å². The standard InChI is InChI=1S/C10H21N5O.C7H8O3S/c11-9-8-13-10(14-9)12-2-1-3-15-4-6-16-7-5-15;1-6-2-4-7(5-3-6)11(8,9)10/h9H,1-8,11H2,(H2,12,13,14);2-5H,1H3,(H,8,9,10). The van der Waals surface area contributed by atoms with Crippen molar-refractivity contribution in [3.8, 4) is 0 Å². The summed E-state index contributed by atoms with van der Waals surface area (Å²) in [6.07, 6.45) is 1.04. The average molecular weight is 400 g/mol. The SMILES string of the molecule is Cc1ccc(S(=O)(=O)O)cc1.NC1CNC(NCCCN2CCOCC2)=N1. The van der Waals surface area contributed by atoms with Gasteiger partial charge in [0.05, 0.1) is 24.7 Å². The van der Waals surface area contributed by atoms with E-state index in [1.165, 1.54) is 12.1 Å². The van der Waals surface area contributed by atoms with Crippen molar-refractivity contribution < 1.29 is 17.7 Å². The summed E-state index contributed by atoms with van der Waals surface area (Å²) in [6, 6.07) is 5.99. The van der Waals surface area contributed by atoms with Gasteiger partial charge in [0.2, 0.25) is 0 Å². The topological polar surface area (TPSA) is 129 Å². The fourth-order valence-electron chi connectivity index (χ4n) is 2.61. The molecule has 0 radical (unpaired) electrons. The predicted molar refractivity (Wildman–Crippen MR) is 104 cm³/mol. The number of hydrogen-bond donors (Lipinski definition) is 4. The number of nitrogens with two attached hydrogens (primary N) is 1. The van der Waals surface area contributed by atoms with E-state index in [0.29, 0.717) is 0 Å². The van der Waals surface area contributed by atoms with Crippen LogP contribution in [0.1, 0.15) is 12.0 Å². The molecule has 2 heterocycles. The molecule has 2 aliphatic rings. The van der Waals surface area contributed by atoms with E-state index in [1.54, 1.807) is 12.1 Å². The molecule has 152 valence electrons. The molecule has 1 saturated heterocycles. The molecule has 5 N–H and O–H groups in total. The second-order valence-electron chi connectivity index (χ2n) is 6.45. The second-order valence-corrected chi connectivity index (χ2v) is 7.87. The zero-order chi connectivity index (χ0) is 19.7. The van der Waals surface area contributed by atoms with Gasteiger partial charge in [-0.05, 0) is 32.0 Å². The molecule has 0 aromatic heterocycles. The van der Waals surface area contributed by atoms with E-state index >= 15 is 0 Å². The van der Waals surface area contributed by atoms with Crippen LogP contribution in [0.25, 0.3) is 0 Å². The smallest absolute Gasteiger partial charge is 0.294 e. The van der Waals surface area contributed by atoms with Crippen LogP contribution in [0.15, 0.2) is 34.2 Å². The van der Waals surface area contributed by atoms with Crippen molar-refractivity contribution in [3.05, 3.63) is 29.8 Å². The van der Waals surface area contributed by atoms with Crippen LogP contribution in [-0.2, 0) is 14.9 Å². The maximum Gasteiger partial charge on any atom is 0.294 e. The normalized spacial score (nSPS) is 20.3. The Hall–Kier alpha value is -1.72. The number of ether oxygens (including phenoxy) is 1. The molecule has 2 aliphatic heterocycles. The highest BCUT2D eigenvalue weighted by Gasteiger charge is 2.12. The van der Waals surface area contributed by atoms with Crippen LogP contribution >= 0.6 is 0 Å². The van der Waals surface area contributed by atoms with Gasteiger partial charge in [0, 0.05) is 19.6 Å². The highest BCUT2D eigenvalue weighted by atomic mass is 32.2. The molecule has 1 aromatic rings. The first-order valence-electron chi connectivity index (χ1n) is 9.00. The maximum absolute atomic E-state index is 10.5. The summed E-state index contributed by atoms with van der Waals surface area (Å²) in [4.78, 5) is 6.58. The molecule has 0 amide bonds. The van der Waals surface area contributed by atoms with Crippen molar-refractivity contribution in [1.82, 2.24) is 15.5 Å². The highest BCUT2D eigenvalue weighted by molar-refractivity contribution is 7.85. The van der Waals surface area contributed by atoms with Crippen molar-refractivity contribution in [2.75, 3.05) is 45.9 Å². The Balaban J connectivity index is 0.000000208. The number of morpholine rings is 1. The third-order valence-electron chi connectivity index (χ3n) is 4.14. The molecule has 1 aromatic carbocycles. The third-order valence-corrected chi connectivity index (χ3v) is 5.01. The summed E-state index contributed by atoms with van der Waals surface area (Å²) in [5.74, 6) is 0.842. The lowest BCUT2D eigenvalue weighted by atomic mass is 10.2. The fraction of sp³-hybridized carbons (Fsp3) is 0.588. The monoisotopic (exact) mass is 399 g/mol. The molecular formula is C17H29N5O4S. The van der Waals surface area contributed by atoms with Crippen LogP contribution in [0.5, 0.6) is 0 Å². The second kappa shape index (κ2) is 10.6. The van der Waals surface area contributed by atoms with E-state index < -0.39 is 10.1 Å². The van der Waals surface area contributed by atoms with Crippen LogP contribution in [-0.4, -0.2) is 75.9 Å². The van der Waals surface area contributed by atoms with Gasteiger partial charge in [-0.15, -0.1) is 0 Å². The average Bonchev–Trinajstić information content (AvgIpc) is 3.05. The number of rotatable bonds is 5. The van der Waals surface area contributed by atoms with Gasteiger partial charge < -0.3 is 21.1 Å². The lowest BCUT2D eigenvalue weighted by Crippen LogP contribution is -2.39. The van der Waals surface area contributed by atoms with E-state index in [4.69, 9.17) is 15.0 Å². The van der Waals surface area contributed by atoms with Gasteiger partial charge >= 0.3 is 0 Å². The minimum Gasteiger partial charge on any atom is -0.379 e. The number of benzene rings is 1. The van der Waals surface area contributed by atoms with E-state index in [-0.39, 0.29) is 11.1 Å². The van der Waals surface area contributed by atoms with Crippen LogP contribution in [0.3, 0.4) is 0 Å². The lowest BCUT2D eigenvalue weighted by Gasteiger charge is -2.26. The largest absolute Gasteiger partial charge is 0.379 e. The van der Waals surface area contributed by atoms with Crippen molar-refractivity contribution in [2.24, 2.45) is 10.7 Å². The van der Waals surface area contributed by atoms with Crippen LogP contribution in [0, 0.1) is 6.92 Å². The highest BCUT2D eigenvalue weighted by Crippen LogP contribution is 2.08. The maximum atomic E-state index is 10.5. The molecule has 1 atom stereocenters. The first kappa shape index (κ1) is 21.6. The van der Waals surface area contributed by atoms with Gasteiger partial charge in [0.15, 0.2) is 5.96 Å². The van der Waals surface area contributed by atoms with E-state index in [2.05, 4.69) is 20.5 Å². The Labute approximate surface area is 160 Å². The summed E-state index contributed by atoms with van der Waals surface area (Å²) in [7, 11) is -4.02. The molecule has 0 saturated carbocycles. The Bertz CT molecular complexity index is 703. The molecule has 0 spiro atoms. The fourth-order valence-corrected chi connectivity index (χ4v) is 3.09.